The Morgan fingerprint density at radius 1 is 1.03 bits per heavy atom. The lowest BCUT2D eigenvalue weighted by molar-refractivity contribution is -0.139. The molecule has 1 aliphatic heterocycles. The first-order valence-electron chi connectivity index (χ1n) is 11.4. The van der Waals surface area contributed by atoms with Crippen molar-refractivity contribution in [2.24, 2.45) is 0 Å². The fourth-order valence-electron chi connectivity index (χ4n) is 4.60. The fraction of sp³-hybridized carbons (Fsp3) is 0.407. The summed E-state index contributed by atoms with van der Waals surface area (Å²) < 4.78 is 12.6. The van der Waals surface area contributed by atoms with Crippen LogP contribution in [0.2, 0.25) is 5.04 Å². The van der Waals surface area contributed by atoms with E-state index in [1.807, 2.05) is 25.1 Å². The van der Waals surface area contributed by atoms with E-state index in [1.54, 1.807) is 0 Å². The van der Waals surface area contributed by atoms with Gasteiger partial charge in [0, 0.05) is 18.4 Å². The fourth-order valence-corrected chi connectivity index (χ4v) is 9.32. The second-order valence-electron chi connectivity index (χ2n) is 9.51. The summed E-state index contributed by atoms with van der Waals surface area (Å²) in [6.07, 6.45) is 4.86. The van der Waals surface area contributed by atoms with Crippen LogP contribution in [-0.2, 0) is 18.8 Å². The highest BCUT2D eigenvalue weighted by atomic mass is 28.4. The van der Waals surface area contributed by atoms with E-state index in [4.69, 9.17) is 9.16 Å². The first-order valence-corrected chi connectivity index (χ1v) is 13.3. The molecule has 1 heterocycles. The zero-order valence-electron chi connectivity index (χ0n) is 19.5. The van der Waals surface area contributed by atoms with Crippen LogP contribution in [0.1, 0.15) is 53.4 Å². The molecule has 0 N–H and O–H groups in total. The molecule has 32 heavy (non-hydrogen) atoms. The van der Waals surface area contributed by atoms with Gasteiger partial charge in [-0.15, -0.1) is 0 Å². The Labute approximate surface area is 192 Å². The van der Waals surface area contributed by atoms with Crippen molar-refractivity contribution in [2.75, 3.05) is 0 Å². The van der Waals surface area contributed by atoms with E-state index in [9.17, 15) is 9.59 Å². The van der Waals surface area contributed by atoms with Gasteiger partial charge >= 0.3 is 5.97 Å². The average molecular weight is 451 g/mol. The van der Waals surface area contributed by atoms with E-state index < -0.39 is 8.32 Å². The number of carbonyl (C=O) groups is 2. The van der Waals surface area contributed by atoms with Crippen molar-refractivity contribution in [3.05, 3.63) is 72.3 Å². The van der Waals surface area contributed by atoms with Crippen molar-refractivity contribution in [3.63, 3.8) is 0 Å². The molecule has 1 aliphatic rings. The van der Waals surface area contributed by atoms with Crippen LogP contribution in [0.3, 0.4) is 0 Å². The summed E-state index contributed by atoms with van der Waals surface area (Å²) in [5, 5.41) is 2.25. The molecule has 0 saturated heterocycles. The minimum absolute atomic E-state index is 0.156. The number of hydrogen-bond donors (Lipinski definition) is 0. The van der Waals surface area contributed by atoms with Crippen molar-refractivity contribution in [3.8, 4) is 0 Å². The minimum atomic E-state index is -2.75. The van der Waals surface area contributed by atoms with E-state index in [-0.39, 0.29) is 23.2 Å². The van der Waals surface area contributed by atoms with Gasteiger partial charge in [0.25, 0.3) is 8.32 Å². The van der Waals surface area contributed by atoms with Crippen LogP contribution in [0.5, 0.6) is 0 Å². The lowest BCUT2D eigenvalue weighted by Crippen LogP contribution is -2.67. The number of benzene rings is 2. The predicted molar refractivity (Wildman–Crippen MR) is 131 cm³/mol. The highest BCUT2D eigenvalue weighted by Gasteiger charge is 2.51. The third kappa shape index (κ3) is 5.27. The van der Waals surface area contributed by atoms with Crippen LogP contribution in [0, 0.1) is 0 Å². The van der Waals surface area contributed by atoms with Gasteiger partial charge in [-0.1, -0.05) is 81.4 Å². The SMILES string of the molecule is C[C@H]1C=C(C[C@@H](CCCC=O)O[Si](c2ccccc2)(c2ccccc2)C(C)(C)C)C(=O)O1. The highest BCUT2D eigenvalue weighted by Crippen LogP contribution is 2.39. The standard InChI is InChI=1S/C27H34O4Si/c1-21-19-22(26(29)30-21)20-23(13-11-12-18-28)31-32(27(2,3)4,24-14-7-5-8-15-24)25-16-9-6-10-17-25/h5-10,14-19,21,23H,11-13,20H2,1-4H3/t21-,23+/m0/s1. The molecule has 0 bridgehead atoms. The lowest BCUT2D eigenvalue weighted by atomic mass is 10.0. The van der Waals surface area contributed by atoms with Gasteiger partial charge in [-0.05, 0) is 41.3 Å². The molecule has 0 saturated carbocycles. The summed E-state index contributed by atoms with van der Waals surface area (Å²) in [6, 6.07) is 21.0. The van der Waals surface area contributed by atoms with Gasteiger partial charge in [0.1, 0.15) is 12.4 Å². The van der Waals surface area contributed by atoms with Crippen molar-refractivity contribution in [1.82, 2.24) is 0 Å². The van der Waals surface area contributed by atoms with Crippen LogP contribution in [-0.4, -0.2) is 32.8 Å². The van der Waals surface area contributed by atoms with Gasteiger partial charge in [0.15, 0.2) is 0 Å². The van der Waals surface area contributed by atoms with Gasteiger partial charge in [-0.25, -0.2) is 4.79 Å². The highest BCUT2D eigenvalue weighted by molar-refractivity contribution is 6.99. The van der Waals surface area contributed by atoms with Gasteiger partial charge < -0.3 is 14.0 Å². The quantitative estimate of drug-likeness (QED) is 0.230. The Balaban J connectivity index is 2.07. The molecule has 0 fully saturated rings. The number of esters is 1. The number of hydrogen-bond acceptors (Lipinski definition) is 4. The molecule has 2 aromatic rings. The molecule has 4 nitrogen and oxygen atoms in total. The van der Waals surface area contributed by atoms with Crippen LogP contribution >= 0.6 is 0 Å². The molecule has 0 amide bonds. The van der Waals surface area contributed by atoms with E-state index in [0.717, 1.165) is 12.7 Å². The number of ether oxygens (including phenoxy) is 1. The third-order valence-corrected chi connectivity index (χ3v) is 11.1. The summed E-state index contributed by atoms with van der Waals surface area (Å²) >= 11 is 0. The van der Waals surface area contributed by atoms with Crippen molar-refractivity contribution in [1.29, 1.82) is 0 Å². The van der Waals surface area contributed by atoms with Gasteiger partial charge in [0.05, 0.1) is 6.10 Å². The van der Waals surface area contributed by atoms with Crippen molar-refractivity contribution >= 4 is 30.9 Å². The molecule has 2 aromatic carbocycles. The normalized spacial score (nSPS) is 17.6. The first kappa shape index (κ1) is 24.1. The monoisotopic (exact) mass is 450 g/mol. The van der Waals surface area contributed by atoms with Gasteiger partial charge in [-0.2, -0.15) is 0 Å². The van der Waals surface area contributed by atoms with Crippen molar-refractivity contribution < 1.29 is 18.8 Å². The van der Waals surface area contributed by atoms with Crippen molar-refractivity contribution in [2.45, 2.75) is 70.6 Å². The summed E-state index contributed by atoms with van der Waals surface area (Å²) in [7, 11) is -2.75. The molecule has 0 radical (unpaired) electrons. The lowest BCUT2D eigenvalue weighted by Gasteiger charge is -2.45. The Morgan fingerprint density at radius 2 is 1.59 bits per heavy atom. The number of rotatable bonds is 10. The summed E-state index contributed by atoms with van der Waals surface area (Å²) in [6.45, 7) is 8.60. The summed E-state index contributed by atoms with van der Waals surface area (Å²) in [4.78, 5) is 23.4. The van der Waals surface area contributed by atoms with E-state index >= 15 is 0 Å². The maximum atomic E-state index is 12.4. The average Bonchev–Trinajstić information content (AvgIpc) is 3.08. The number of aldehydes is 1. The maximum absolute atomic E-state index is 12.4. The number of carbonyl (C=O) groups excluding carboxylic acids is 2. The molecule has 2 atom stereocenters. The second-order valence-corrected chi connectivity index (χ2v) is 13.8. The van der Waals surface area contributed by atoms with E-state index in [2.05, 4.69) is 69.3 Å². The minimum Gasteiger partial charge on any atom is -0.455 e. The Hall–Kier alpha value is -2.50. The predicted octanol–water partition coefficient (Wildman–Crippen LogP) is 4.56. The molecule has 0 unspecified atom stereocenters. The maximum Gasteiger partial charge on any atom is 0.334 e. The Kier molecular flexibility index (Phi) is 7.85. The van der Waals surface area contributed by atoms with Crippen LogP contribution in [0.4, 0.5) is 0 Å². The zero-order valence-corrected chi connectivity index (χ0v) is 20.5. The Bertz CT molecular complexity index is 892. The summed E-state index contributed by atoms with van der Waals surface area (Å²) in [5.41, 5.74) is 0.673. The molecular formula is C27H34O4Si. The number of cyclic esters (lactones) is 1. The summed E-state index contributed by atoms with van der Waals surface area (Å²) in [5.74, 6) is -0.260. The largest absolute Gasteiger partial charge is 0.455 e. The zero-order chi connectivity index (χ0) is 23.2. The van der Waals surface area contributed by atoms with Gasteiger partial charge in [0.2, 0.25) is 0 Å². The van der Waals surface area contributed by atoms with Crippen LogP contribution in [0.15, 0.2) is 72.3 Å². The smallest absolute Gasteiger partial charge is 0.334 e. The molecule has 0 aromatic heterocycles. The van der Waals surface area contributed by atoms with E-state index in [0.29, 0.717) is 24.8 Å². The molecule has 3 rings (SSSR count). The molecular weight excluding hydrogens is 416 g/mol. The second kappa shape index (κ2) is 10.4. The topological polar surface area (TPSA) is 52.6 Å². The third-order valence-electron chi connectivity index (χ3n) is 6.05. The molecule has 0 aliphatic carbocycles. The molecule has 5 heteroatoms. The van der Waals surface area contributed by atoms with E-state index in [1.165, 1.54) is 10.4 Å². The number of unbranched alkanes of at least 4 members (excludes halogenated alkanes) is 1. The molecule has 170 valence electrons. The Morgan fingerprint density at radius 3 is 2.03 bits per heavy atom. The van der Waals surface area contributed by atoms with Crippen LogP contribution in [0.25, 0.3) is 0 Å². The van der Waals surface area contributed by atoms with Gasteiger partial charge in [-0.3, -0.25) is 0 Å². The molecule has 0 spiro atoms. The van der Waals surface area contributed by atoms with Crippen LogP contribution < -0.4 is 10.4 Å². The first-order chi connectivity index (χ1) is 15.3.